The summed E-state index contributed by atoms with van der Waals surface area (Å²) in [5.41, 5.74) is 0.884. The molecule has 0 aliphatic heterocycles. The van der Waals surface area contributed by atoms with Crippen LogP contribution in [-0.4, -0.2) is 40.9 Å². The van der Waals surface area contributed by atoms with E-state index in [9.17, 15) is 8.78 Å². The molecular formula is C13H19F2NO3. The lowest BCUT2D eigenvalue weighted by Gasteiger charge is -2.18. The van der Waals surface area contributed by atoms with Crippen LogP contribution in [0.3, 0.4) is 0 Å². The van der Waals surface area contributed by atoms with E-state index in [1.54, 1.807) is 33.4 Å². The third-order valence-corrected chi connectivity index (χ3v) is 2.69. The quantitative estimate of drug-likeness (QED) is 0.790. The van der Waals surface area contributed by atoms with E-state index in [1.165, 1.54) is 0 Å². The van der Waals surface area contributed by atoms with Gasteiger partial charge in [0.05, 0.1) is 26.9 Å². The van der Waals surface area contributed by atoms with Gasteiger partial charge in [0.25, 0.3) is 6.43 Å². The zero-order valence-corrected chi connectivity index (χ0v) is 11.3. The molecule has 0 heterocycles. The Labute approximate surface area is 111 Å². The second-order valence-electron chi connectivity index (χ2n) is 3.88. The third-order valence-electron chi connectivity index (χ3n) is 2.69. The Morgan fingerprint density at radius 3 is 2.32 bits per heavy atom. The molecule has 1 aromatic carbocycles. The average molecular weight is 275 g/mol. The van der Waals surface area contributed by atoms with Gasteiger partial charge in [-0.1, -0.05) is 6.07 Å². The number of hydrogen-bond acceptors (Lipinski definition) is 4. The highest BCUT2D eigenvalue weighted by molar-refractivity contribution is 5.43. The Hall–Kier alpha value is -1.40. The van der Waals surface area contributed by atoms with Crippen LogP contribution >= 0.6 is 0 Å². The minimum absolute atomic E-state index is 0.163. The van der Waals surface area contributed by atoms with E-state index < -0.39 is 13.0 Å². The molecule has 6 heteroatoms. The van der Waals surface area contributed by atoms with Gasteiger partial charge in [0.2, 0.25) is 0 Å². The van der Waals surface area contributed by atoms with Crippen molar-refractivity contribution in [3.05, 3.63) is 23.8 Å². The first kappa shape index (κ1) is 15.7. The van der Waals surface area contributed by atoms with Crippen LogP contribution in [0, 0.1) is 0 Å². The molecule has 0 aliphatic carbocycles. The topological polar surface area (TPSA) is 39.7 Å². The maximum atomic E-state index is 12.0. The molecular weight excluding hydrogens is 256 g/mol. The smallest absolute Gasteiger partial charge is 0.261 e. The summed E-state index contributed by atoms with van der Waals surface area (Å²) in [6, 6.07) is 5.23. The maximum absolute atomic E-state index is 12.0. The van der Waals surface area contributed by atoms with Gasteiger partial charge < -0.3 is 19.5 Å². The van der Waals surface area contributed by atoms with Crippen molar-refractivity contribution >= 4 is 0 Å². The summed E-state index contributed by atoms with van der Waals surface area (Å²) in [7, 11) is 4.84. The molecule has 108 valence electrons. The van der Waals surface area contributed by atoms with Gasteiger partial charge in [-0.15, -0.1) is 0 Å². The van der Waals surface area contributed by atoms with E-state index in [0.717, 1.165) is 5.56 Å². The number of rotatable bonds is 8. The highest BCUT2D eigenvalue weighted by Gasteiger charge is 2.14. The summed E-state index contributed by atoms with van der Waals surface area (Å²) in [6.07, 6.45) is -2.46. The molecule has 0 aliphatic rings. The number of ether oxygens (including phenoxy) is 3. The van der Waals surface area contributed by atoms with Gasteiger partial charge in [-0.2, -0.15) is 0 Å². The zero-order chi connectivity index (χ0) is 14.3. The van der Waals surface area contributed by atoms with Crippen molar-refractivity contribution < 1.29 is 23.0 Å². The van der Waals surface area contributed by atoms with Gasteiger partial charge in [0.15, 0.2) is 11.5 Å². The summed E-state index contributed by atoms with van der Waals surface area (Å²) in [6.45, 7) is -0.401. The van der Waals surface area contributed by atoms with Gasteiger partial charge in [0, 0.05) is 0 Å². The summed E-state index contributed by atoms with van der Waals surface area (Å²) in [5.74, 6) is 1.21. The van der Waals surface area contributed by atoms with Crippen molar-refractivity contribution in [2.75, 3.05) is 34.5 Å². The van der Waals surface area contributed by atoms with Crippen molar-refractivity contribution in [2.24, 2.45) is 0 Å². The minimum atomic E-state index is -2.46. The molecule has 1 rings (SSSR count). The van der Waals surface area contributed by atoms with E-state index in [2.05, 4.69) is 5.32 Å². The Morgan fingerprint density at radius 1 is 1.11 bits per heavy atom. The second-order valence-corrected chi connectivity index (χ2v) is 3.88. The van der Waals surface area contributed by atoms with Crippen LogP contribution in [0.15, 0.2) is 18.2 Å². The van der Waals surface area contributed by atoms with Gasteiger partial charge >= 0.3 is 0 Å². The van der Waals surface area contributed by atoms with Gasteiger partial charge in [-0.25, -0.2) is 8.78 Å². The molecule has 0 amide bonds. The fourth-order valence-electron chi connectivity index (χ4n) is 1.69. The molecule has 1 unspecified atom stereocenters. The van der Waals surface area contributed by atoms with Crippen LogP contribution in [0.1, 0.15) is 11.6 Å². The fourth-order valence-corrected chi connectivity index (χ4v) is 1.69. The van der Waals surface area contributed by atoms with Crippen LogP contribution in [0.2, 0.25) is 0 Å². The predicted molar refractivity (Wildman–Crippen MR) is 68.2 cm³/mol. The predicted octanol–water partition coefficient (Wildman–Crippen LogP) is 2.25. The van der Waals surface area contributed by atoms with Crippen LogP contribution in [0.4, 0.5) is 8.78 Å². The SMILES string of the molecule is CNC(COCC(F)F)c1ccc(OC)c(OC)c1. The zero-order valence-electron chi connectivity index (χ0n) is 11.3. The standard InChI is InChI=1S/C13H19F2NO3/c1-16-10(7-19-8-13(14)15)9-4-5-11(17-2)12(6-9)18-3/h4-6,10,13,16H,7-8H2,1-3H3. The van der Waals surface area contributed by atoms with Crippen molar-refractivity contribution in [3.8, 4) is 11.5 Å². The number of hydrogen-bond donors (Lipinski definition) is 1. The Morgan fingerprint density at radius 2 is 1.79 bits per heavy atom. The van der Waals surface area contributed by atoms with Gasteiger partial charge in [-0.05, 0) is 24.7 Å². The number of halogens is 2. The number of nitrogens with one attached hydrogen (secondary N) is 1. The van der Waals surface area contributed by atoms with E-state index in [1.807, 2.05) is 6.07 Å². The van der Waals surface area contributed by atoms with E-state index in [-0.39, 0.29) is 12.6 Å². The highest BCUT2D eigenvalue weighted by atomic mass is 19.3. The van der Waals surface area contributed by atoms with Crippen LogP contribution in [0.5, 0.6) is 11.5 Å². The second kappa shape index (κ2) is 7.91. The number of alkyl halides is 2. The Kier molecular flexibility index (Phi) is 6.52. The molecule has 0 bridgehead atoms. The molecule has 0 spiro atoms. The number of benzene rings is 1. The molecule has 19 heavy (non-hydrogen) atoms. The summed E-state index contributed by atoms with van der Waals surface area (Å²) < 4.78 is 39.3. The maximum Gasteiger partial charge on any atom is 0.261 e. The van der Waals surface area contributed by atoms with Crippen molar-refractivity contribution in [1.82, 2.24) is 5.32 Å². The van der Waals surface area contributed by atoms with Crippen molar-refractivity contribution in [1.29, 1.82) is 0 Å². The molecule has 0 saturated heterocycles. The average Bonchev–Trinajstić information content (AvgIpc) is 2.42. The lowest BCUT2D eigenvalue weighted by Crippen LogP contribution is -2.23. The van der Waals surface area contributed by atoms with E-state index >= 15 is 0 Å². The van der Waals surface area contributed by atoms with Crippen LogP contribution < -0.4 is 14.8 Å². The lowest BCUT2D eigenvalue weighted by molar-refractivity contribution is 0.00984. The third kappa shape index (κ3) is 4.65. The normalized spacial score (nSPS) is 12.5. The molecule has 4 nitrogen and oxygen atoms in total. The lowest BCUT2D eigenvalue weighted by atomic mass is 10.1. The highest BCUT2D eigenvalue weighted by Crippen LogP contribution is 2.29. The summed E-state index contributed by atoms with van der Waals surface area (Å²) in [4.78, 5) is 0. The largest absolute Gasteiger partial charge is 0.493 e. The van der Waals surface area contributed by atoms with Gasteiger partial charge in [0.1, 0.15) is 6.61 Å². The molecule has 0 radical (unpaired) electrons. The molecule has 0 aromatic heterocycles. The monoisotopic (exact) mass is 275 g/mol. The molecule has 1 N–H and O–H groups in total. The summed E-state index contributed by atoms with van der Waals surface area (Å²) in [5, 5.41) is 3.01. The Bertz CT molecular complexity index is 388. The molecule has 0 saturated carbocycles. The molecule has 0 fully saturated rings. The Balaban J connectivity index is 2.75. The van der Waals surface area contributed by atoms with E-state index in [4.69, 9.17) is 14.2 Å². The number of likely N-dealkylation sites (N-methyl/N-ethyl adjacent to an activating group) is 1. The molecule has 1 atom stereocenters. The van der Waals surface area contributed by atoms with Crippen LogP contribution in [-0.2, 0) is 4.74 Å². The molecule has 1 aromatic rings. The van der Waals surface area contributed by atoms with Gasteiger partial charge in [-0.3, -0.25) is 0 Å². The van der Waals surface area contributed by atoms with E-state index in [0.29, 0.717) is 11.5 Å². The first-order valence-corrected chi connectivity index (χ1v) is 5.87. The first-order chi connectivity index (χ1) is 9.12. The summed E-state index contributed by atoms with van der Waals surface area (Å²) >= 11 is 0. The fraction of sp³-hybridized carbons (Fsp3) is 0.538. The number of methoxy groups -OCH3 is 2. The van der Waals surface area contributed by atoms with Crippen molar-refractivity contribution in [3.63, 3.8) is 0 Å². The minimum Gasteiger partial charge on any atom is -0.493 e. The first-order valence-electron chi connectivity index (χ1n) is 5.87. The van der Waals surface area contributed by atoms with Crippen LogP contribution in [0.25, 0.3) is 0 Å². The van der Waals surface area contributed by atoms with Crippen molar-refractivity contribution in [2.45, 2.75) is 12.5 Å².